The van der Waals surface area contributed by atoms with Gasteiger partial charge in [0, 0.05) is 58.8 Å². The predicted molar refractivity (Wildman–Crippen MR) is 4.97 cm³/mol. The van der Waals surface area contributed by atoms with Gasteiger partial charge in [-0.15, -0.1) is 0 Å². The van der Waals surface area contributed by atoms with Gasteiger partial charge in [0.1, 0.15) is 0 Å². The van der Waals surface area contributed by atoms with Crippen LogP contribution in [-0.2, 0) is 17.1 Å². The van der Waals surface area contributed by atoms with Crippen LogP contribution in [0.2, 0.25) is 0 Å². The molecule has 0 aromatic heterocycles. The van der Waals surface area contributed by atoms with E-state index < -0.39 is 0 Å². The second-order valence-electron chi connectivity index (χ2n) is 0. The van der Waals surface area contributed by atoms with Gasteiger partial charge in [0.25, 0.3) is 0 Å². The molecule has 0 saturated carbocycles. The van der Waals surface area contributed by atoms with Crippen molar-refractivity contribution in [2.24, 2.45) is 0 Å². The van der Waals surface area contributed by atoms with E-state index in [0.29, 0.717) is 0 Å². The molecule has 0 aliphatic rings. The Morgan fingerprint density at radius 2 is 1.25 bits per heavy atom. The summed E-state index contributed by atoms with van der Waals surface area (Å²) in [4.78, 5) is 0. The van der Waals surface area contributed by atoms with E-state index in [0.717, 1.165) is 0 Å². The maximum Gasteiger partial charge on any atom is 0 e. The van der Waals surface area contributed by atoms with Crippen LogP contribution in [0.25, 0.3) is 0 Å². The Hall–Kier alpha value is 1.39. The standard InChI is InChI=1S/CN.Ce.Fe/c1-2;;/q-1;;. The minimum absolute atomic E-state index is 0. The number of hydrogen-bond acceptors (Lipinski definition) is 1. The van der Waals surface area contributed by atoms with Crippen LogP contribution >= 0.6 is 0 Å². The van der Waals surface area contributed by atoms with Gasteiger partial charge in [-0.1, -0.05) is 0 Å². The van der Waals surface area contributed by atoms with Crippen molar-refractivity contribution in [1.29, 1.82) is 5.26 Å². The molecule has 0 spiro atoms. The van der Waals surface area contributed by atoms with Gasteiger partial charge in [-0.05, 0) is 0 Å². The van der Waals surface area contributed by atoms with Crippen molar-refractivity contribution in [2.45, 2.75) is 0 Å². The van der Waals surface area contributed by atoms with E-state index in [1.54, 1.807) is 0 Å². The van der Waals surface area contributed by atoms with Crippen molar-refractivity contribution < 1.29 is 58.8 Å². The Morgan fingerprint density at radius 1 is 1.25 bits per heavy atom. The zero-order valence-electron chi connectivity index (χ0n) is 1.80. The molecule has 3 heteroatoms. The number of rotatable bonds is 0. The molecule has 0 amide bonds. The molecule has 0 radical (unpaired) electrons. The molecule has 22 valence electrons. The third kappa shape index (κ3) is 10.0. The summed E-state index contributed by atoms with van der Waals surface area (Å²) in [5, 5.41) is 6.25. The molecule has 0 rings (SSSR count). The van der Waals surface area contributed by atoms with E-state index in [1.165, 1.54) is 0 Å². The van der Waals surface area contributed by atoms with Gasteiger partial charge in [0.05, 0.1) is 0 Å². The van der Waals surface area contributed by atoms with Gasteiger partial charge >= 0.3 is 0 Å². The van der Waals surface area contributed by atoms with Crippen LogP contribution in [0.1, 0.15) is 0 Å². The van der Waals surface area contributed by atoms with E-state index in [9.17, 15) is 0 Å². The first-order valence-corrected chi connectivity index (χ1v) is 0.224. The van der Waals surface area contributed by atoms with E-state index in [4.69, 9.17) is 11.8 Å². The van der Waals surface area contributed by atoms with Crippen molar-refractivity contribution in [3.05, 3.63) is 6.57 Å². The van der Waals surface area contributed by atoms with E-state index in [1.807, 2.05) is 0 Å². The molecule has 0 aromatic carbocycles. The van der Waals surface area contributed by atoms with Crippen LogP contribution in [0, 0.1) is 53.6 Å². The predicted octanol–water partition coefficient (Wildman–Crippen LogP) is 0.0939. The maximum absolute atomic E-state index is 6.25. The molecule has 0 atom stereocenters. The molecular weight excluding hydrogens is 222 g/mol. The molecular formula is CCeFeN-. The largest absolute Gasteiger partial charge is 0.512 e. The summed E-state index contributed by atoms with van der Waals surface area (Å²) in [5.74, 6) is 0. The topological polar surface area (TPSA) is 23.8 Å². The van der Waals surface area contributed by atoms with Crippen molar-refractivity contribution in [1.82, 2.24) is 0 Å². The molecule has 0 fully saturated rings. The summed E-state index contributed by atoms with van der Waals surface area (Å²) in [6.45, 7) is 4.75. The average Bonchev–Trinajstić information content (AvgIpc) is 1.00. The van der Waals surface area contributed by atoms with Crippen molar-refractivity contribution >= 4 is 0 Å². The van der Waals surface area contributed by atoms with Gasteiger partial charge in [0.2, 0.25) is 0 Å². The molecule has 0 heterocycles. The second kappa shape index (κ2) is 26.2. The first kappa shape index (κ1) is 18.2. The summed E-state index contributed by atoms with van der Waals surface area (Å²) in [6, 6.07) is 0. The van der Waals surface area contributed by atoms with Crippen LogP contribution < -0.4 is 0 Å². The zero-order chi connectivity index (χ0) is 2.00. The van der Waals surface area contributed by atoms with Gasteiger partial charge in [0.15, 0.2) is 0 Å². The third-order valence-corrected chi connectivity index (χ3v) is 0. The van der Waals surface area contributed by atoms with Crippen molar-refractivity contribution in [2.75, 3.05) is 0 Å². The smallest absolute Gasteiger partial charge is 0 e. The molecule has 0 aliphatic carbocycles. The van der Waals surface area contributed by atoms with E-state index in [2.05, 4.69) is 0 Å². The average molecular weight is 222 g/mol. The quantitative estimate of drug-likeness (QED) is 0.421. The molecule has 4 heavy (non-hydrogen) atoms. The molecule has 0 bridgehead atoms. The SMILES string of the molecule is [C-]#N.[Ce].[Fe]. The number of nitrogens with zero attached hydrogens (tertiary/aromatic N) is 1. The van der Waals surface area contributed by atoms with Crippen LogP contribution in [0.4, 0.5) is 0 Å². The minimum atomic E-state index is 0. The summed E-state index contributed by atoms with van der Waals surface area (Å²) in [6.07, 6.45) is 0. The Bertz CT molecular complexity index is 12.8. The van der Waals surface area contributed by atoms with Crippen molar-refractivity contribution in [3.8, 4) is 0 Å². The Labute approximate surface area is 69.6 Å². The first-order valence-electron chi connectivity index (χ1n) is 0.224. The zero-order valence-corrected chi connectivity index (χ0v) is 6.05. The maximum atomic E-state index is 6.25. The Kier molecular flexibility index (Phi) is 119. The molecule has 0 N–H and O–H groups in total. The van der Waals surface area contributed by atoms with Gasteiger partial charge in [-0.25, -0.2) is 0 Å². The Balaban J connectivity index is -0.00000000500. The fourth-order valence-electron chi connectivity index (χ4n) is 0. The molecule has 0 saturated heterocycles. The van der Waals surface area contributed by atoms with E-state index in [-0.39, 0.29) is 58.8 Å². The molecule has 1 nitrogen and oxygen atoms in total. The van der Waals surface area contributed by atoms with Crippen LogP contribution in [-0.4, -0.2) is 0 Å². The second-order valence-corrected chi connectivity index (χ2v) is 0. The van der Waals surface area contributed by atoms with Crippen LogP contribution in [0.3, 0.4) is 0 Å². The fourth-order valence-corrected chi connectivity index (χ4v) is 0. The van der Waals surface area contributed by atoms with Crippen LogP contribution in [0.5, 0.6) is 0 Å². The van der Waals surface area contributed by atoms with Crippen LogP contribution in [0.15, 0.2) is 0 Å². The molecule has 0 unspecified atom stereocenters. The monoisotopic (exact) mass is 222 g/mol. The van der Waals surface area contributed by atoms with Crippen molar-refractivity contribution in [3.63, 3.8) is 0 Å². The first-order chi connectivity index (χ1) is 1.00. The summed E-state index contributed by atoms with van der Waals surface area (Å²) in [7, 11) is 0. The summed E-state index contributed by atoms with van der Waals surface area (Å²) >= 11 is 0. The number of hydrogen-bond donors (Lipinski definition) is 0. The molecule has 0 aromatic rings. The van der Waals surface area contributed by atoms with Gasteiger partial charge < -0.3 is 11.8 Å². The Morgan fingerprint density at radius 3 is 1.25 bits per heavy atom. The minimum Gasteiger partial charge on any atom is -0.512 e. The summed E-state index contributed by atoms with van der Waals surface area (Å²) < 4.78 is 0. The molecule has 0 aliphatic heterocycles. The normalized spacial score (nSPS) is 0.500. The van der Waals surface area contributed by atoms with E-state index >= 15 is 0 Å². The van der Waals surface area contributed by atoms with Gasteiger partial charge in [-0.2, -0.15) is 0 Å². The van der Waals surface area contributed by atoms with Gasteiger partial charge in [-0.3, -0.25) is 0 Å². The third-order valence-electron chi connectivity index (χ3n) is 0. The fraction of sp³-hybridized carbons (Fsp3) is 0. The summed E-state index contributed by atoms with van der Waals surface area (Å²) in [5.41, 5.74) is 0.